The number of aryl methyl sites for hydroxylation is 2. The van der Waals surface area contributed by atoms with Crippen LogP contribution >= 0.6 is 11.3 Å². The molecule has 0 spiro atoms. The fourth-order valence-electron chi connectivity index (χ4n) is 2.72. The molecule has 2 atom stereocenters. The third-order valence-electron chi connectivity index (χ3n) is 4.13. The normalized spacial score (nSPS) is 20.7. The summed E-state index contributed by atoms with van der Waals surface area (Å²) in [6, 6.07) is 0.113. The summed E-state index contributed by atoms with van der Waals surface area (Å²) in [6.45, 7) is 8.13. The van der Waals surface area contributed by atoms with Gasteiger partial charge in [-0.25, -0.2) is 4.98 Å². The Morgan fingerprint density at radius 1 is 1.60 bits per heavy atom. The van der Waals surface area contributed by atoms with E-state index >= 15 is 0 Å². The van der Waals surface area contributed by atoms with Crippen molar-refractivity contribution in [1.29, 1.82) is 0 Å². The Kier molecular flexibility index (Phi) is 5.16. The van der Waals surface area contributed by atoms with Gasteiger partial charge in [0.25, 0.3) is 0 Å². The average Bonchev–Trinajstić information content (AvgIpc) is 2.87. The Morgan fingerprint density at radius 3 is 2.90 bits per heavy atom. The molecule has 2 rings (SSSR count). The smallest absolute Gasteiger partial charge is 0.227 e. The molecular weight excluding hydrogens is 270 g/mol. The van der Waals surface area contributed by atoms with Crippen molar-refractivity contribution in [3.05, 3.63) is 15.6 Å². The predicted octanol–water partition coefficient (Wildman–Crippen LogP) is 2.53. The minimum Gasteiger partial charge on any atom is -0.338 e. The molecule has 2 unspecified atom stereocenters. The van der Waals surface area contributed by atoms with Crippen LogP contribution in [0.4, 0.5) is 0 Å². The third-order valence-corrected chi connectivity index (χ3v) is 5.61. The van der Waals surface area contributed by atoms with Crippen LogP contribution in [0, 0.1) is 12.8 Å². The number of hydrogen-bond acceptors (Lipinski definition) is 4. The Labute approximate surface area is 125 Å². The molecule has 20 heavy (non-hydrogen) atoms. The predicted molar refractivity (Wildman–Crippen MR) is 83.0 cm³/mol. The molecule has 1 N–H and O–H groups in total. The summed E-state index contributed by atoms with van der Waals surface area (Å²) in [5.74, 6) is 0.394. The first-order valence-electron chi connectivity index (χ1n) is 7.48. The van der Waals surface area contributed by atoms with E-state index in [4.69, 9.17) is 0 Å². The minimum absolute atomic E-state index is 0.113. The van der Waals surface area contributed by atoms with E-state index in [1.165, 1.54) is 4.88 Å². The Bertz CT molecular complexity index is 466. The van der Waals surface area contributed by atoms with Gasteiger partial charge < -0.3 is 10.2 Å². The van der Waals surface area contributed by atoms with E-state index in [-0.39, 0.29) is 17.9 Å². The highest BCUT2D eigenvalue weighted by Crippen LogP contribution is 2.30. The minimum atomic E-state index is 0.113. The number of hydrogen-bond donors (Lipinski definition) is 1. The summed E-state index contributed by atoms with van der Waals surface area (Å²) in [6.07, 6.45) is 3.06. The zero-order valence-corrected chi connectivity index (χ0v) is 13.7. The summed E-state index contributed by atoms with van der Waals surface area (Å²) >= 11 is 1.74. The van der Waals surface area contributed by atoms with E-state index in [9.17, 15) is 4.79 Å². The zero-order valence-electron chi connectivity index (χ0n) is 12.9. The molecular formula is C15H25N3OS. The lowest BCUT2D eigenvalue weighted by Crippen LogP contribution is -2.42. The first-order chi connectivity index (χ1) is 9.54. The molecule has 1 aliphatic rings. The van der Waals surface area contributed by atoms with Crippen LogP contribution in [0.5, 0.6) is 0 Å². The van der Waals surface area contributed by atoms with E-state index in [1.807, 2.05) is 18.9 Å². The highest BCUT2D eigenvalue weighted by Gasteiger charge is 2.28. The monoisotopic (exact) mass is 295 g/mol. The van der Waals surface area contributed by atoms with Crippen LogP contribution in [0.1, 0.15) is 48.3 Å². The molecule has 112 valence electrons. The lowest BCUT2D eigenvalue weighted by atomic mass is 9.97. The summed E-state index contributed by atoms with van der Waals surface area (Å²) in [7, 11) is 1.92. The van der Waals surface area contributed by atoms with Crippen molar-refractivity contribution in [3.63, 3.8) is 0 Å². The maximum atomic E-state index is 12.6. The molecule has 0 aromatic carbocycles. The van der Waals surface area contributed by atoms with Crippen molar-refractivity contribution in [2.45, 2.75) is 46.1 Å². The van der Waals surface area contributed by atoms with Gasteiger partial charge in [-0.15, -0.1) is 11.3 Å². The number of carbonyl (C=O) groups excluding carboxylic acids is 1. The maximum absolute atomic E-state index is 12.6. The van der Waals surface area contributed by atoms with E-state index < -0.39 is 0 Å². The number of rotatable bonds is 4. The van der Waals surface area contributed by atoms with Gasteiger partial charge in [0, 0.05) is 18.5 Å². The quantitative estimate of drug-likeness (QED) is 0.928. The topological polar surface area (TPSA) is 45.2 Å². The average molecular weight is 295 g/mol. The van der Waals surface area contributed by atoms with Crippen LogP contribution in [0.3, 0.4) is 0 Å². The molecule has 4 nitrogen and oxygen atoms in total. The summed E-state index contributed by atoms with van der Waals surface area (Å²) < 4.78 is 0. The van der Waals surface area contributed by atoms with Crippen molar-refractivity contribution in [2.24, 2.45) is 5.92 Å². The van der Waals surface area contributed by atoms with Gasteiger partial charge in [-0.05, 0) is 39.7 Å². The fraction of sp³-hybridized carbons (Fsp3) is 0.733. The van der Waals surface area contributed by atoms with Crippen LogP contribution < -0.4 is 5.32 Å². The molecule has 0 aliphatic carbocycles. The van der Waals surface area contributed by atoms with E-state index in [0.717, 1.165) is 43.1 Å². The van der Waals surface area contributed by atoms with Crippen molar-refractivity contribution in [1.82, 2.24) is 15.2 Å². The van der Waals surface area contributed by atoms with E-state index in [0.29, 0.717) is 0 Å². The standard InChI is InChI=1S/C15H25N3OS/c1-5-13-17-10(2)14(20-13)11(3)18(4)15(19)12-7-6-8-16-9-12/h11-12,16H,5-9H2,1-4H3. The molecule has 1 fully saturated rings. The molecule has 0 saturated carbocycles. The van der Waals surface area contributed by atoms with Crippen LogP contribution in [-0.4, -0.2) is 35.9 Å². The second-order valence-corrected chi connectivity index (χ2v) is 6.69. The molecule has 1 aromatic rings. The van der Waals surface area contributed by atoms with Gasteiger partial charge in [0.1, 0.15) is 0 Å². The van der Waals surface area contributed by atoms with Crippen molar-refractivity contribution in [3.8, 4) is 0 Å². The number of nitrogens with zero attached hydrogens (tertiary/aromatic N) is 2. The van der Waals surface area contributed by atoms with Crippen molar-refractivity contribution < 1.29 is 4.79 Å². The molecule has 0 radical (unpaired) electrons. The van der Waals surface area contributed by atoms with Crippen molar-refractivity contribution in [2.75, 3.05) is 20.1 Å². The Balaban J connectivity index is 2.08. The second-order valence-electron chi connectivity index (χ2n) is 5.58. The summed E-state index contributed by atoms with van der Waals surface area (Å²) in [4.78, 5) is 20.3. The first kappa shape index (κ1) is 15.4. The summed E-state index contributed by atoms with van der Waals surface area (Å²) in [5.41, 5.74) is 1.07. The largest absolute Gasteiger partial charge is 0.338 e. The van der Waals surface area contributed by atoms with E-state index in [2.05, 4.69) is 24.1 Å². The number of thiazole rings is 1. The second kappa shape index (κ2) is 6.68. The number of aromatic nitrogens is 1. The van der Waals surface area contributed by atoms with Crippen molar-refractivity contribution >= 4 is 17.2 Å². The van der Waals surface area contributed by atoms with Gasteiger partial charge in [-0.1, -0.05) is 6.92 Å². The van der Waals surface area contributed by atoms with Crippen LogP contribution in [0.2, 0.25) is 0 Å². The van der Waals surface area contributed by atoms with Gasteiger partial charge in [-0.2, -0.15) is 0 Å². The van der Waals surface area contributed by atoms with Gasteiger partial charge >= 0.3 is 0 Å². The first-order valence-corrected chi connectivity index (χ1v) is 8.29. The molecule has 0 bridgehead atoms. The Hall–Kier alpha value is -0.940. The number of nitrogens with one attached hydrogen (secondary N) is 1. The van der Waals surface area contributed by atoms with Gasteiger partial charge in [0.2, 0.25) is 5.91 Å². The lowest BCUT2D eigenvalue weighted by molar-refractivity contribution is -0.136. The number of amides is 1. The van der Waals surface area contributed by atoms with Crippen LogP contribution in [0.15, 0.2) is 0 Å². The van der Waals surface area contributed by atoms with Gasteiger partial charge in [0.05, 0.1) is 22.7 Å². The number of carbonyl (C=O) groups is 1. The summed E-state index contributed by atoms with van der Waals surface area (Å²) in [5, 5.41) is 4.47. The van der Waals surface area contributed by atoms with Crippen LogP contribution in [0.25, 0.3) is 0 Å². The van der Waals surface area contributed by atoms with E-state index in [1.54, 1.807) is 11.3 Å². The lowest BCUT2D eigenvalue weighted by Gasteiger charge is -2.30. The highest BCUT2D eigenvalue weighted by molar-refractivity contribution is 7.11. The number of piperidine rings is 1. The zero-order chi connectivity index (χ0) is 14.7. The molecule has 1 aromatic heterocycles. The third kappa shape index (κ3) is 3.20. The Morgan fingerprint density at radius 2 is 2.35 bits per heavy atom. The molecule has 5 heteroatoms. The molecule has 1 saturated heterocycles. The maximum Gasteiger partial charge on any atom is 0.227 e. The SMILES string of the molecule is CCc1nc(C)c(C(C)N(C)C(=O)C2CCCNC2)s1. The van der Waals surface area contributed by atoms with Crippen LogP contribution in [-0.2, 0) is 11.2 Å². The van der Waals surface area contributed by atoms with Gasteiger partial charge in [-0.3, -0.25) is 4.79 Å². The molecule has 1 aliphatic heterocycles. The highest BCUT2D eigenvalue weighted by atomic mass is 32.1. The molecule has 1 amide bonds. The fourth-order valence-corrected chi connectivity index (χ4v) is 3.82. The molecule has 2 heterocycles. The van der Waals surface area contributed by atoms with Gasteiger partial charge in [0.15, 0.2) is 0 Å².